The lowest BCUT2D eigenvalue weighted by atomic mass is 10.2. The molecule has 0 heterocycles. The summed E-state index contributed by atoms with van der Waals surface area (Å²) in [6.07, 6.45) is 1.12. The summed E-state index contributed by atoms with van der Waals surface area (Å²) in [6, 6.07) is 0. The van der Waals surface area contributed by atoms with Gasteiger partial charge in [0, 0.05) is 12.2 Å². The first-order valence-corrected chi connectivity index (χ1v) is 5.34. The van der Waals surface area contributed by atoms with Gasteiger partial charge >= 0.3 is 11.9 Å². The molecule has 0 aliphatic carbocycles. The van der Waals surface area contributed by atoms with E-state index >= 15 is 0 Å². The van der Waals surface area contributed by atoms with Gasteiger partial charge in [-0.3, -0.25) is 0 Å². The number of carboxylic acids is 2. The van der Waals surface area contributed by atoms with E-state index in [4.69, 9.17) is 20.0 Å². The Balaban J connectivity index is 0. The van der Waals surface area contributed by atoms with Gasteiger partial charge in [0.25, 0.3) is 0 Å². The maximum absolute atomic E-state index is 9.55. The lowest BCUT2D eigenvalue weighted by Gasteiger charge is -2.24. The number of carbonyl (C=O) groups is 2. The van der Waals surface area contributed by atoms with Gasteiger partial charge in [0.05, 0.1) is 11.2 Å². The molecule has 6 nitrogen and oxygen atoms in total. The van der Waals surface area contributed by atoms with Crippen LogP contribution in [0.4, 0.5) is 0 Å². The van der Waals surface area contributed by atoms with E-state index in [1.54, 1.807) is 0 Å². The molecular weight excluding hydrogens is 240 g/mol. The first kappa shape index (κ1) is 19.0. The molecule has 0 saturated carbocycles. The Kier molecular flexibility index (Phi) is 8.25. The largest absolute Gasteiger partial charge is 0.478 e. The molecule has 2 N–H and O–H groups in total. The Morgan fingerprint density at radius 1 is 0.778 bits per heavy atom. The van der Waals surface area contributed by atoms with Crippen LogP contribution in [0.5, 0.6) is 0 Å². The van der Waals surface area contributed by atoms with Gasteiger partial charge in [-0.1, -0.05) is 0 Å². The lowest BCUT2D eigenvalue weighted by molar-refractivity contribution is -0.393. The predicted octanol–water partition coefficient (Wildman–Crippen LogP) is 2.24. The molecule has 0 saturated heterocycles. The van der Waals surface area contributed by atoms with Crippen molar-refractivity contribution < 1.29 is 29.6 Å². The van der Waals surface area contributed by atoms with Crippen LogP contribution in [-0.4, -0.2) is 33.4 Å². The Hall–Kier alpha value is -1.40. The Bertz CT molecular complexity index is 263. The van der Waals surface area contributed by atoms with Crippen LogP contribution in [0.25, 0.3) is 0 Å². The molecule has 0 aromatic heterocycles. The second-order valence-electron chi connectivity index (χ2n) is 5.40. The summed E-state index contributed by atoms with van der Waals surface area (Å²) in [6.45, 7) is 11.7. The summed E-state index contributed by atoms with van der Waals surface area (Å²) in [5.74, 6) is -2.51. The van der Waals surface area contributed by atoms with Crippen molar-refractivity contribution in [3.8, 4) is 0 Å². The van der Waals surface area contributed by atoms with Crippen LogP contribution < -0.4 is 0 Å². The van der Waals surface area contributed by atoms with Crippen molar-refractivity contribution in [2.45, 2.75) is 52.7 Å². The first-order chi connectivity index (χ1) is 7.83. The van der Waals surface area contributed by atoms with Gasteiger partial charge in [0.1, 0.15) is 0 Å². The molecule has 0 aromatic rings. The fourth-order valence-corrected chi connectivity index (χ4v) is 0.393. The molecule has 0 radical (unpaired) electrons. The van der Waals surface area contributed by atoms with Crippen molar-refractivity contribution in [2.75, 3.05) is 0 Å². The molecule has 0 amide bonds. The third-order valence-corrected chi connectivity index (χ3v) is 0.910. The zero-order chi connectivity index (χ0) is 15.0. The molecule has 6 heteroatoms. The highest BCUT2D eigenvalue weighted by molar-refractivity contribution is 5.89. The topological polar surface area (TPSA) is 93.1 Å². The molecule has 0 atom stereocenters. The van der Waals surface area contributed by atoms with Crippen LogP contribution >= 0.6 is 0 Å². The fourth-order valence-electron chi connectivity index (χ4n) is 0.393. The van der Waals surface area contributed by atoms with Crippen molar-refractivity contribution in [3.05, 3.63) is 12.2 Å². The molecule has 18 heavy (non-hydrogen) atoms. The molecule has 0 aliphatic heterocycles. The lowest BCUT2D eigenvalue weighted by Crippen LogP contribution is -2.27. The summed E-state index contributed by atoms with van der Waals surface area (Å²) in [5.41, 5.74) is -0.430. The molecular formula is C12H22O6. The van der Waals surface area contributed by atoms with Gasteiger partial charge < -0.3 is 10.2 Å². The summed E-state index contributed by atoms with van der Waals surface area (Å²) in [4.78, 5) is 29.3. The van der Waals surface area contributed by atoms with E-state index in [9.17, 15) is 9.59 Å². The van der Waals surface area contributed by atoms with Crippen LogP contribution in [0.15, 0.2) is 12.2 Å². The molecule has 0 rings (SSSR count). The average Bonchev–Trinajstić information content (AvgIpc) is 2.10. The molecule has 106 valence electrons. The summed E-state index contributed by atoms with van der Waals surface area (Å²) < 4.78 is 0. The number of hydrogen-bond acceptors (Lipinski definition) is 4. The molecule has 0 spiro atoms. The Morgan fingerprint density at radius 3 is 1.11 bits per heavy atom. The molecule has 0 bridgehead atoms. The quantitative estimate of drug-likeness (QED) is 0.460. The van der Waals surface area contributed by atoms with Gasteiger partial charge in [-0.15, -0.1) is 0 Å². The van der Waals surface area contributed by atoms with Gasteiger partial charge in [-0.2, -0.15) is 0 Å². The summed E-state index contributed by atoms with van der Waals surface area (Å²) >= 11 is 0. The van der Waals surface area contributed by atoms with Crippen molar-refractivity contribution >= 4 is 11.9 Å². The molecule has 0 fully saturated rings. The van der Waals surface area contributed by atoms with Gasteiger partial charge in [-0.05, 0) is 41.5 Å². The van der Waals surface area contributed by atoms with Gasteiger partial charge in [0.2, 0.25) is 0 Å². The third-order valence-electron chi connectivity index (χ3n) is 0.910. The number of rotatable bonds is 3. The van der Waals surface area contributed by atoms with Crippen LogP contribution in [0.2, 0.25) is 0 Å². The van der Waals surface area contributed by atoms with Crippen molar-refractivity contribution in [1.82, 2.24) is 0 Å². The van der Waals surface area contributed by atoms with E-state index in [0.717, 1.165) is 0 Å². The number of carboxylic acid groups (broad SMARTS) is 2. The van der Waals surface area contributed by atoms with Crippen LogP contribution in [0.1, 0.15) is 41.5 Å². The van der Waals surface area contributed by atoms with E-state index in [1.807, 2.05) is 41.5 Å². The second-order valence-corrected chi connectivity index (χ2v) is 5.40. The van der Waals surface area contributed by atoms with E-state index in [0.29, 0.717) is 12.2 Å². The highest BCUT2D eigenvalue weighted by Gasteiger charge is 2.18. The minimum atomic E-state index is -1.26. The summed E-state index contributed by atoms with van der Waals surface area (Å²) in [7, 11) is 0. The second kappa shape index (κ2) is 7.84. The number of hydrogen-bond donors (Lipinski definition) is 2. The first-order valence-electron chi connectivity index (χ1n) is 5.34. The van der Waals surface area contributed by atoms with E-state index in [2.05, 4.69) is 0 Å². The fraction of sp³-hybridized carbons (Fsp3) is 0.667. The average molecular weight is 262 g/mol. The zero-order valence-corrected chi connectivity index (χ0v) is 11.7. The van der Waals surface area contributed by atoms with E-state index in [1.165, 1.54) is 0 Å². The zero-order valence-electron chi connectivity index (χ0n) is 11.7. The smallest absolute Gasteiger partial charge is 0.328 e. The van der Waals surface area contributed by atoms with Gasteiger partial charge in [0.15, 0.2) is 0 Å². The van der Waals surface area contributed by atoms with Crippen molar-refractivity contribution in [1.29, 1.82) is 0 Å². The SMILES string of the molecule is CC(C)(C)OOC(C)(C)C.O=C(O)C=CC(=O)O. The minimum absolute atomic E-state index is 0.215. The monoisotopic (exact) mass is 262 g/mol. The van der Waals surface area contributed by atoms with Crippen molar-refractivity contribution in [2.24, 2.45) is 0 Å². The van der Waals surface area contributed by atoms with Crippen LogP contribution in [0.3, 0.4) is 0 Å². The Morgan fingerprint density at radius 2 is 1.00 bits per heavy atom. The van der Waals surface area contributed by atoms with E-state index in [-0.39, 0.29) is 11.2 Å². The van der Waals surface area contributed by atoms with Crippen molar-refractivity contribution in [3.63, 3.8) is 0 Å². The highest BCUT2D eigenvalue weighted by Crippen LogP contribution is 2.14. The number of aliphatic carboxylic acids is 2. The normalized spacial score (nSPS) is 11.9. The van der Waals surface area contributed by atoms with Gasteiger partial charge in [-0.25, -0.2) is 19.4 Å². The predicted molar refractivity (Wildman–Crippen MR) is 66.1 cm³/mol. The molecule has 0 unspecified atom stereocenters. The maximum Gasteiger partial charge on any atom is 0.328 e. The molecule has 0 aromatic carbocycles. The van der Waals surface area contributed by atoms with Crippen LogP contribution in [0, 0.1) is 0 Å². The highest BCUT2D eigenvalue weighted by atomic mass is 17.2. The van der Waals surface area contributed by atoms with Crippen LogP contribution in [-0.2, 0) is 19.4 Å². The standard InChI is InChI=1S/C8H18O2.C4H4O4/c1-7(2,3)9-10-8(4,5)6;5-3(6)1-2-4(7)8/h1-6H3;1-2H,(H,5,6)(H,7,8). The maximum atomic E-state index is 9.55. The summed E-state index contributed by atoms with van der Waals surface area (Å²) in [5, 5.41) is 15.6. The van der Waals surface area contributed by atoms with E-state index < -0.39 is 11.9 Å². The third kappa shape index (κ3) is 24.0. The minimum Gasteiger partial charge on any atom is -0.478 e. The Labute approximate surface area is 107 Å². The molecule has 0 aliphatic rings.